The molecule has 1 aliphatic carbocycles. The Kier molecular flexibility index (Phi) is 3.38. The summed E-state index contributed by atoms with van der Waals surface area (Å²) in [5, 5.41) is 1.06. The lowest BCUT2D eigenvalue weighted by Crippen LogP contribution is -2.32. The molecule has 4 nitrogen and oxygen atoms in total. The third-order valence-corrected chi connectivity index (χ3v) is 5.59. The van der Waals surface area contributed by atoms with Crippen molar-refractivity contribution in [3.8, 4) is 5.75 Å². The van der Waals surface area contributed by atoms with Crippen LogP contribution in [0.1, 0.15) is 23.1 Å². The molecule has 3 aromatic rings. The smallest absolute Gasteiger partial charge is 0.339 e. The van der Waals surface area contributed by atoms with Gasteiger partial charge in [-0.2, -0.15) is 0 Å². The maximum atomic E-state index is 12.4. The third kappa shape index (κ3) is 2.37. The van der Waals surface area contributed by atoms with Gasteiger partial charge in [-0.1, -0.05) is 22.0 Å². The molecule has 0 radical (unpaired) electrons. The van der Waals surface area contributed by atoms with Gasteiger partial charge in [0, 0.05) is 21.1 Å². The monoisotopic (exact) mass is 397 g/mol. The molecule has 0 bridgehead atoms. The molecule has 2 heterocycles. The zero-order chi connectivity index (χ0) is 17.0. The van der Waals surface area contributed by atoms with Crippen LogP contribution < -0.4 is 15.3 Å². The molecular weight excluding hydrogens is 382 g/mol. The molecule has 126 valence electrons. The highest BCUT2D eigenvalue weighted by atomic mass is 79.9. The molecule has 5 rings (SSSR count). The first-order valence-electron chi connectivity index (χ1n) is 8.44. The number of aryl methyl sites for hydroxylation is 1. The van der Waals surface area contributed by atoms with Crippen LogP contribution in [0.25, 0.3) is 11.0 Å². The van der Waals surface area contributed by atoms with E-state index in [0.29, 0.717) is 18.9 Å². The van der Waals surface area contributed by atoms with Crippen molar-refractivity contribution in [2.45, 2.75) is 25.8 Å². The second kappa shape index (κ2) is 5.63. The van der Waals surface area contributed by atoms with Crippen molar-refractivity contribution in [2.24, 2.45) is 0 Å². The van der Waals surface area contributed by atoms with E-state index in [0.717, 1.165) is 57.2 Å². The predicted molar refractivity (Wildman–Crippen MR) is 100 cm³/mol. The maximum absolute atomic E-state index is 12.4. The SMILES string of the molecule is O=c1oc2c3c(ccc2c2c1CCC2)OCN(c1cccc(Br)c1)C3. The summed E-state index contributed by atoms with van der Waals surface area (Å²) in [6, 6.07) is 12.2. The third-order valence-electron chi connectivity index (χ3n) is 5.10. The van der Waals surface area contributed by atoms with Crippen LogP contribution in [0.15, 0.2) is 50.1 Å². The number of hydrogen-bond donors (Lipinski definition) is 0. The van der Waals surface area contributed by atoms with Gasteiger partial charge in [0.15, 0.2) is 6.73 Å². The number of benzene rings is 2. The van der Waals surface area contributed by atoms with E-state index in [1.54, 1.807) is 0 Å². The minimum absolute atomic E-state index is 0.187. The number of anilines is 1. The molecule has 25 heavy (non-hydrogen) atoms. The number of rotatable bonds is 1. The molecule has 0 unspecified atom stereocenters. The van der Waals surface area contributed by atoms with Gasteiger partial charge in [-0.05, 0) is 55.2 Å². The van der Waals surface area contributed by atoms with E-state index in [9.17, 15) is 4.79 Å². The lowest BCUT2D eigenvalue weighted by molar-refractivity contribution is 0.289. The number of ether oxygens (including phenoxy) is 1. The Balaban J connectivity index is 1.66. The molecule has 0 amide bonds. The summed E-state index contributed by atoms with van der Waals surface area (Å²) in [5.74, 6) is 0.805. The van der Waals surface area contributed by atoms with Gasteiger partial charge in [-0.3, -0.25) is 0 Å². The molecule has 1 aliphatic heterocycles. The number of hydrogen-bond acceptors (Lipinski definition) is 4. The van der Waals surface area contributed by atoms with Gasteiger partial charge < -0.3 is 14.1 Å². The van der Waals surface area contributed by atoms with Gasteiger partial charge in [0.05, 0.1) is 12.1 Å². The summed E-state index contributed by atoms with van der Waals surface area (Å²) in [5.41, 5.74) is 4.54. The molecule has 0 atom stereocenters. The van der Waals surface area contributed by atoms with Crippen molar-refractivity contribution in [3.63, 3.8) is 0 Å². The number of fused-ring (bicyclic) bond motifs is 5. The van der Waals surface area contributed by atoms with E-state index in [4.69, 9.17) is 9.15 Å². The standard InChI is InChI=1S/C20H16BrNO3/c21-12-3-1-4-13(9-12)22-10-17-18(24-11-22)8-7-15-14-5-2-6-16(14)20(23)25-19(15)17/h1,3-4,7-9H,2,5-6,10-11H2. The van der Waals surface area contributed by atoms with Crippen molar-refractivity contribution in [1.82, 2.24) is 0 Å². The lowest BCUT2D eigenvalue weighted by atomic mass is 10.0. The van der Waals surface area contributed by atoms with Crippen molar-refractivity contribution in [1.29, 1.82) is 0 Å². The summed E-state index contributed by atoms with van der Waals surface area (Å²) >= 11 is 3.52. The van der Waals surface area contributed by atoms with Crippen molar-refractivity contribution in [2.75, 3.05) is 11.6 Å². The Morgan fingerprint density at radius 3 is 2.80 bits per heavy atom. The molecule has 0 N–H and O–H groups in total. The predicted octanol–water partition coefficient (Wildman–Crippen LogP) is 4.40. The Morgan fingerprint density at radius 1 is 1.04 bits per heavy atom. The fraction of sp³-hybridized carbons (Fsp3) is 0.250. The van der Waals surface area contributed by atoms with E-state index >= 15 is 0 Å². The molecule has 0 spiro atoms. The van der Waals surface area contributed by atoms with E-state index in [-0.39, 0.29) is 5.63 Å². The highest BCUT2D eigenvalue weighted by Crippen LogP contribution is 2.37. The van der Waals surface area contributed by atoms with Crippen molar-refractivity contribution < 1.29 is 9.15 Å². The van der Waals surface area contributed by atoms with Gasteiger partial charge in [0.1, 0.15) is 11.3 Å². The molecule has 1 aromatic heterocycles. The zero-order valence-electron chi connectivity index (χ0n) is 13.5. The van der Waals surface area contributed by atoms with Crippen LogP contribution in [-0.4, -0.2) is 6.73 Å². The largest absolute Gasteiger partial charge is 0.473 e. The van der Waals surface area contributed by atoms with Gasteiger partial charge in [-0.25, -0.2) is 4.79 Å². The summed E-state index contributed by atoms with van der Waals surface area (Å²) in [7, 11) is 0. The van der Waals surface area contributed by atoms with Crippen LogP contribution in [0, 0.1) is 0 Å². The van der Waals surface area contributed by atoms with Crippen LogP contribution in [0.4, 0.5) is 5.69 Å². The Morgan fingerprint density at radius 2 is 1.92 bits per heavy atom. The Hall–Kier alpha value is -2.27. The van der Waals surface area contributed by atoms with Gasteiger partial charge >= 0.3 is 5.63 Å². The average molecular weight is 398 g/mol. The zero-order valence-corrected chi connectivity index (χ0v) is 15.1. The first-order chi connectivity index (χ1) is 12.2. The van der Waals surface area contributed by atoms with Crippen LogP contribution in [0.2, 0.25) is 0 Å². The first kappa shape index (κ1) is 15.0. The lowest BCUT2D eigenvalue weighted by Gasteiger charge is -2.31. The summed E-state index contributed by atoms with van der Waals surface area (Å²) in [6.45, 7) is 1.13. The van der Waals surface area contributed by atoms with E-state index < -0.39 is 0 Å². The molecule has 0 saturated heterocycles. The topological polar surface area (TPSA) is 42.7 Å². The van der Waals surface area contributed by atoms with Crippen molar-refractivity contribution >= 4 is 32.6 Å². The summed E-state index contributed by atoms with van der Waals surface area (Å²) < 4.78 is 12.7. The average Bonchev–Trinajstić information content (AvgIpc) is 3.12. The van der Waals surface area contributed by atoms with Crippen LogP contribution in [0.3, 0.4) is 0 Å². The first-order valence-corrected chi connectivity index (χ1v) is 9.24. The van der Waals surface area contributed by atoms with Gasteiger partial charge in [0.25, 0.3) is 0 Å². The van der Waals surface area contributed by atoms with Crippen LogP contribution in [0.5, 0.6) is 5.75 Å². The van der Waals surface area contributed by atoms with Crippen LogP contribution >= 0.6 is 15.9 Å². The van der Waals surface area contributed by atoms with E-state index in [2.05, 4.69) is 33.0 Å². The molecule has 0 saturated carbocycles. The van der Waals surface area contributed by atoms with E-state index in [1.165, 1.54) is 0 Å². The fourth-order valence-corrected chi connectivity index (χ4v) is 4.28. The molecule has 0 fully saturated rings. The van der Waals surface area contributed by atoms with E-state index in [1.807, 2.05) is 24.3 Å². The second-order valence-corrected chi connectivity index (χ2v) is 7.49. The van der Waals surface area contributed by atoms with Gasteiger partial charge in [-0.15, -0.1) is 0 Å². The molecule has 2 aromatic carbocycles. The maximum Gasteiger partial charge on any atom is 0.339 e. The van der Waals surface area contributed by atoms with Crippen molar-refractivity contribution in [3.05, 3.63) is 68.0 Å². The van der Waals surface area contributed by atoms with Crippen LogP contribution in [-0.2, 0) is 19.4 Å². The molecule has 2 aliphatic rings. The Bertz CT molecular complexity index is 1060. The second-order valence-electron chi connectivity index (χ2n) is 6.57. The number of nitrogens with zero attached hydrogens (tertiary/aromatic N) is 1. The quantitative estimate of drug-likeness (QED) is 0.570. The minimum atomic E-state index is -0.187. The minimum Gasteiger partial charge on any atom is -0.473 e. The highest BCUT2D eigenvalue weighted by molar-refractivity contribution is 9.10. The van der Waals surface area contributed by atoms with Gasteiger partial charge in [0.2, 0.25) is 0 Å². The molecule has 5 heteroatoms. The summed E-state index contributed by atoms with van der Waals surface area (Å²) in [4.78, 5) is 14.5. The number of halogens is 1. The fourth-order valence-electron chi connectivity index (χ4n) is 3.89. The molecular formula is C20H16BrNO3. The Labute approximate surface area is 153 Å². The summed E-state index contributed by atoms with van der Waals surface area (Å²) in [6.07, 6.45) is 2.80. The normalized spacial score (nSPS) is 15.8. The highest BCUT2D eigenvalue weighted by Gasteiger charge is 2.26.